The maximum atomic E-state index is 10.2. The second-order valence-electron chi connectivity index (χ2n) is 5.05. The summed E-state index contributed by atoms with van der Waals surface area (Å²) in [4.78, 5) is 4.01. The minimum absolute atomic E-state index is 0.178. The molecule has 1 unspecified atom stereocenters. The summed E-state index contributed by atoms with van der Waals surface area (Å²) in [7, 11) is 0. The predicted octanol–water partition coefficient (Wildman–Crippen LogP) is 3.04. The molecule has 0 aliphatic heterocycles. The number of benzene rings is 1. The lowest BCUT2D eigenvalue weighted by atomic mass is 10.2. The van der Waals surface area contributed by atoms with Crippen molar-refractivity contribution in [2.45, 2.75) is 12.6 Å². The van der Waals surface area contributed by atoms with Crippen LogP contribution in [0.2, 0.25) is 5.02 Å². The maximum absolute atomic E-state index is 10.2. The van der Waals surface area contributed by atoms with E-state index in [1.807, 2.05) is 18.2 Å². The van der Waals surface area contributed by atoms with Gasteiger partial charge in [-0.2, -0.15) is 5.10 Å². The standard InChI is InChI=1S/C17H16ClN3O2/c18-14-1-3-16(4-2-14)23-12-15(22)11-21-17(7-10-20-21)13-5-8-19-9-6-13/h1-10,15,22H,11-12H2. The van der Waals surface area contributed by atoms with Crippen molar-refractivity contribution in [3.63, 3.8) is 0 Å². The van der Waals surface area contributed by atoms with Gasteiger partial charge in [0.1, 0.15) is 18.5 Å². The Morgan fingerprint density at radius 2 is 1.78 bits per heavy atom. The lowest BCUT2D eigenvalue weighted by Gasteiger charge is -2.14. The number of halogens is 1. The van der Waals surface area contributed by atoms with Gasteiger partial charge < -0.3 is 9.84 Å². The summed E-state index contributed by atoms with van der Waals surface area (Å²) >= 11 is 5.82. The average Bonchev–Trinajstić information content (AvgIpc) is 3.03. The van der Waals surface area contributed by atoms with Crippen molar-refractivity contribution in [2.75, 3.05) is 6.61 Å². The molecule has 0 fully saturated rings. The number of hydrogen-bond donors (Lipinski definition) is 1. The maximum Gasteiger partial charge on any atom is 0.119 e. The fourth-order valence-electron chi connectivity index (χ4n) is 2.22. The first kappa shape index (κ1) is 15.5. The van der Waals surface area contributed by atoms with Gasteiger partial charge in [0.25, 0.3) is 0 Å². The van der Waals surface area contributed by atoms with Gasteiger partial charge in [-0.15, -0.1) is 0 Å². The van der Waals surface area contributed by atoms with Crippen LogP contribution >= 0.6 is 11.6 Å². The zero-order valence-corrected chi connectivity index (χ0v) is 13.1. The molecule has 0 saturated heterocycles. The van der Waals surface area contributed by atoms with E-state index in [0.717, 1.165) is 11.3 Å². The largest absolute Gasteiger partial charge is 0.491 e. The highest BCUT2D eigenvalue weighted by Gasteiger charge is 2.11. The molecule has 3 rings (SSSR count). The SMILES string of the molecule is OC(COc1ccc(Cl)cc1)Cn1nccc1-c1ccncc1. The first-order valence-electron chi connectivity index (χ1n) is 7.21. The average molecular weight is 330 g/mol. The molecule has 1 atom stereocenters. The van der Waals surface area contributed by atoms with Crippen LogP contribution in [0.3, 0.4) is 0 Å². The van der Waals surface area contributed by atoms with Crippen molar-refractivity contribution in [2.24, 2.45) is 0 Å². The van der Waals surface area contributed by atoms with E-state index in [9.17, 15) is 5.11 Å². The molecule has 5 nitrogen and oxygen atoms in total. The number of pyridine rings is 1. The minimum atomic E-state index is -0.675. The molecule has 1 aromatic carbocycles. The third-order valence-corrected chi connectivity index (χ3v) is 3.58. The highest BCUT2D eigenvalue weighted by molar-refractivity contribution is 6.30. The van der Waals surface area contributed by atoms with Crippen LogP contribution in [0.15, 0.2) is 61.1 Å². The molecule has 0 radical (unpaired) electrons. The fourth-order valence-corrected chi connectivity index (χ4v) is 2.35. The molecule has 2 aromatic heterocycles. The Morgan fingerprint density at radius 1 is 1.04 bits per heavy atom. The number of hydrogen-bond acceptors (Lipinski definition) is 4. The van der Waals surface area contributed by atoms with Crippen molar-refractivity contribution in [3.8, 4) is 17.0 Å². The first-order chi connectivity index (χ1) is 11.2. The number of nitrogens with zero attached hydrogens (tertiary/aromatic N) is 3. The molecule has 2 heterocycles. The third kappa shape index (κ3) is 4.09. The lowest BCUT2D eigenvalue weighted by molar-refractivity contribution is 0.0898. The lowest BCUT2D eigenvalue weighted by Crippen LogP contribution is -2.24. The van der Waals surface area contributed by atoms with Crippen LogP contribution in [0.4, 0.5) is 0 Å². The molecular formula is C17H16ClN3O2. The van der Waals surface area contributed by atoms with Gasteiger partial charge in [0.05, 0.1) is 12.2 Å². The smallest absolute Gasteiger partial charge is 0.119 e. The highest BCUT2D eigenvalue weighted by Crippen LogP contribution is 2.18. The Kier molecular flexibility index (Phi) is 4.90. The van der Waals surface area contributed by atoms with Gasteiger partial charge in [-0.1, -0.05) is 11.6 Å². The summed E-state index contributed by atoms with van der Waals surface area (Å²) in [5, 5.41) is 15.1. The van der Waals surface area contributed by atoms with Crippen LogP contribution in [0.1, 0.15) is 0 Å². The molecule has 0 aliphatic rings. The van der Waals surface area contributed by atoms with E-state index in [1.165, 1.54) is 0 Å². The Morgan fingerprint density at radius 3 is 2.52 bits per heavy atom. The van der Waals surface area contributed by atoms with Crippen LogP contribution in [-0.2, 0) is 6.54 Å². The monoisotopic (exact) mass is 329 g/mol. The molecule has 0 spiro atoms. The number of rotatable bonds is 6. The van der Waals surface area contributed by atoms with Crippen molar-refractivity contribution in [1.29, 1.82) is 0 Å². The molecular weight excluding hydrogens is 314 g/mol. The van der Waals surface area contributed by atoms with E-state index in [-0.39, 0.29) is 6.61 Å². The van der Waals surface area contributed by atoms with Gasteiger partial charge in [-0.3, -0.25) is 9.67 Å². The highest BCUT2D eigenvalue weighted by atomic mass is 35.5. The minimum Gasteiger partial charge on any atom is -0.491 e. The van der Waals surface area contributed by atoms with Gasteiger partial charge in [0, 0.05) is 29.2 Å². The van der Waals surface area contributed by atoms with Gasteiger partial charge in [-0.25, -0.2) is 0 Å². The van der Waals surface area contributed by atoms with Crippen molar-refractivity contribution in [1.82, 2.24) is 14.8 Å². The molecule has 3 aromatic rings. The Labute approximate surface area is 139 Å². The molecule has 0 saturated carbocycles. The van der Waals surface area contributed by atoms with Crippen molar-refractivity contribution < 1.29 is 9.84 Å². The second-order valence-corrected chi connectivity index (χ2v) is 5.49. The van der Waals surface area contributed by atoms with Crippen LogP contribution in [0.25, 0.3) is 11.3 Å². The number of aromatic nitrogens is 3. The molecule has 0 amide bonds. The zero-order valence-electron chi connectivity index (χ0n) is 12.3. The van der Waals surface area contributed by atoms with E-state index >= 15 is 0 Å². The summed E-state index contributed by atoms with van der Waals surface area (Å²) < 4.78 is 7.31. The predicted molar refractivity (Wildman–Crippen MR) is 88.4 cm³/mol. The van der Waals surface area contributed by atoms with E-state index in [4.69, 9.17) is 16.3 Å². The number of aliphatic hydroxyl groups is 1. The topological polar surface area (TPSA) is 60.2 Å². The number of ether oxygens (including phenoxy) is 1. The molecule has 23 heavy (non-hydrogen) atoms. The summed E-state index contributed by atoms with van der Waals surface area (Å²) in [6.07, 6.45) is 4.49. The van der Waals surface area contributed by atoms with Crippen LogP contribution in [-0.4, -0.2) is 32.6 Å². The van der Waals surface area contributed by atoms with Gasteiger partial charge in [0.2, 0.25) is 0 Å². The Bertz CT molecular complexity index is 744. The van der Waals surface area contributed by atoms with Gasteiger partial charge in [0.15, 0.2) is 0 Å². The quantitative estimate of drug-likeness (QED) is 0.755. The van der Waals surface area contributed by atoms with Crippen LogP contribution < -0.4 is 4.74 Å². The second kappa shape index (κ2) is 7.26. The molecule has 0 aliphatic carbocycles. The van der Waals surface area contributed by atoms with Crippen LogP contribution in [0, 0.1) is 0 Å². The molecule has 118 valence electrons. The fraction of sp³-hybridized carbons (Fsp3) is 0.176. The normalized spacial score (nSPS) is 12.1. The summed E-state index contributed by atoms with van der Waals surface area (Å²) in [5.74, 6) is 0.670. The number of aliphatic hydroxyl groups excluding tert-OH is 1. The summed E-state index contributed by atoms with van der Waals surface area (Å²) in [5.41, 5.74) is 1.93. The van der Waals surface area contributed by atoms with E-state index in [0.29, 0.717) is 17.3 Å². The van der Waals surface area contributed by atoms with E-state index < -0.39 is 6.10 Å². The van der Waals surface area contributed by atoms with Gasteiger partial charge >= 0.3 is 0 Å². The Balaban J connectivity index is 1.61. The van der Waals surface area contributed by atoms with Crippen molar-refractivity contribution >= 4 is 11.6 Å². The molecule has 1 N–H and O–H groups in total. The molecule has 0 bridgehead atoms. The zero-order chi connectivity index (χ0) is 16.1. The van der Waals surface area contributed by atoms with Crippen LogP contribution in [0.5, 0.6) is 5.75 Å². The Hall–Kier alpha value is -2.37. The van der Waals surface area contributed by atoms with E-state index in [2.05, 4.69) is 10.1 Å². The third-order valence-electron chi connectivity index (χ3n) is 3.33. The van der Waals surface area contributed by atoms with Crippen molar-refractivity contribution in [3.05, 3.63) is 66.1 Å². The molecule has 6 heteroatoms. The first-order valence-corrected chi connectivity index (χ1v) is 7.59. The summed E-state index contributed by atoms with van der Waals surface area (Å²) in [6, 6.07) is 12.8. The van der Waals surface area contributed by atoms with Gasteiger partial charge in [-0.05, 0) is 42.5 Å². The summed E-state index contributed by atoms with van der Waals surface area (Å²) in [6.45, 7) is 0.523. The van der Waals surface area contributed by atoms with E-state index in [1.54, 1.807) is 47.5 Å².